The molecule has 0 radical (unpaired) electrons. The van der Waals surface area contributed by atoms with Crippen molar-refractivity contribution >= 4 is 11.6 Å². The average molecular weight is 176 g/mol. The van der Waals surface area contributed by atoms with E-state index in [2.05, 4.69) is 11.8 Å². The van der Waals surface area contributed by atoms with Crippen LogP contribution in [0.25, 0.3) is 0 Å². The van der Waals surface area contributed by atoms with Crippen molar-refractivity contribution < 1.29 is 0 Å². The van der Waals surface area contributed by atoms with Crippen LogP contribution in [0.1, 0.15) is 32.6 Å². The zero-order valence-electron chi connectivity index (χ0n) is 7.35. The summed E-state index contributed by atoms with van der Waals surface area (Å²) in [6.07, 6.45) is 5.28. The van der Waals surface area contributed by atoms with E-state index in [9.17, 15) is 0 Å². The van der Waals surface area contributed by atoms with E-state index in [-0.39, 0.29) is 0 Å². The van der Waals surface area contributed by atoms with Gasteiger partial charge in [0.25, 0.3) is 0 Å². The van der Waals surface area contributed by atoms with Crippen molar-refractivity contribution in [2.75, 3.05) is 19.0 Å². The molecular weight excluding hydrogens is 158 g/mol. The van der Waals surface area contributed by atoms with Crippen LogP contribution in [0.2, 0.25) is 0 Å². The van der Waals surface area contributed by atoms with E-state index in [1.54, 1.807) is 0 Å². The third-order valence-corrected chi connectivity index (χ3v) is 2.83. The standard InChI is InChI=1S/C9H18ClN/c1-2-3-6-11-7-4-5-9(11)8-10/h9H,2-8H2,1H3. The molecule has 1 heterocycles. The van der Waals surface area contributed by atoms with Gasteiger partial charge in [-0.2, -0.15) is 0 Å². The van der Waals surface area contributed by atoms with Gasteiger partial charge in [-0.25, -0.2) is 0 Å². The third kappa shape index (κ3) is 2.64. The van der Waals surface area contributed by atoms with Gasteiger partial charge in [0.05, 0.1) is 0 Å². The Morgan fingerprint density at radius 1 is 1.55 bits per heavy atom. The number of alkyl halides is 1. The lowest BCUT2D eigenvalue weighted by Gasteiger charge is -2.21. The van der Waals surface area contributed by atoms with Gasteiger partial charge in [0.1, 0.15) is 0 Å². The molecule has 1 aliphatic rings. The van der Waals surface area contributed by atoms with Crippen molar-refractivity contribution in [1.29, 1.82) is 0 Å². The summed E-state index contributed by atoms with van der Waals surface area (Å²) in [6, 6.07) is 0.684. The highest BCUT2D eigenvalue weighted by Gasteiger charge is 2.22. The molecule has 1 atom stereocenters. The number of nitrogens with zero attached hydrogens (tertiary/aromatic N) is 1. The summed E-state index contributed by atoms with van der Waals surface area (Å²) in [5.74, 6) is 0.823. The van der Waals surface area contributed by atoms with Crippen molar-refractivity contribution in [1.82, 2.24) is 4.90 Å². The molecule has 0 aromatic carbocycles. The minimum Gasteiger partial charge on any atom is -0.299 e. The monoisotopic (exact) mass is 175 g/mol. The highest BCUT2D eigenvalue weighted by molar-refractivity contribution is 6.18. The molecule has 0 saturated carbocycles. The summed E-state index contributed by atoms with van der Waals surface area (Å²) >= 11 is 5.84. The lowest BCUT2D eigenvalue weighted by atomic mass is 10.2. The maximum Gasteiger partial charge on any atom is 0.0379 e. The summed E-state index contributed by atoms with van der Waals surface area (Å²) in [7, 11) is 0. The quantitative estimate of drug-likeness (QED) is 0.594. The Kier molecular flexibility index (Phi) is 4.24. The Balaban J connectivity index is 2.20. The molecule has 1 rings (SSSR count). The molecule has 1 aliphatic heterocycles. The average Bonchev–Trinajstić information content (AvgIpc) is 2.47. The van der Waals surface area contributed by atoms with Gasteiger partial charge in [-0.15, -0.1) is 11.6 Å². The highest BCUT2D eigenvalue weighted by atomic mass is 35.5. The zero-order chi connectivity index (χ0) is 8.10. The largest absolute Gasteiger partial charge is 0.299 e. The first-order valence-corrected chi connectivity index (χ1v) is 5.22. The number of rotatable bonds is 4. The van der Waals surface area contributed by atoms with Gasteiger partial charge in [-0.3, -0.25) is 4.90 Å². The van der Waals surface area contributed by atoms with Crippen LogP contribution in [-0.4, -0.2) is 29.9 Å². The van der Waals surface area contributed by atoms with Gasteiger partial charge in [-0.1, -0.05) is 13.3 Å². The molecule has 0 aliphatic carbocycles. The van der Waals surface area contributed by atoms with Crippen LogP contribution in [0.5, 0.6) is 0 Å². The Bertz CT molecular complexity index is 106. The van der Waals surface area contributed by atoms with Gasteiger partial charge in [-0.05, 0) is 32.4 Å². The topological polar surface area (TPSA) is 3.24 Å². The molecule has 0 aromatic heterocycles. The molecule has 1 unspecified atom stereocenters. The van der Waals surface area contributed by atoms with Crippen LogP contribution < -0.4 is 0 Å². The second-order valence-corrected chi connectivity index (χ2v) is 3.65. The summed E-state index contributed by atoms with van der Waals surface area (Å²) in [5, 5.41) is 0. The van der Waals surface area contributed by atoms with E-state index in [0.29, 0.717) is 6.04 Å². The van der Waals surface area contributed by atoms with Gasteiger partial charge in [0.2, 0.25) is 0 Å². The first-order chi connectivity index (χ1) is 5.38. The normalized spacial score (nSPS) is 26.2. The summed E-state index contributed by atoms with van der Waals surface area (Å²) < 4.78 is 0. The van der Waals surface area contributed by atoms with Crippen LogP contribution >= 0.6 is 11.6 Å². The van der Waals surface area contributed by atoms with E-state index in [4.69, 9.17) is 11.6 Å². The van der Waals surface area contributed by atoms with Gasteiger partial charge in [0, 0.05) is 11.9 Å². The molecule has 11 heavy (non-hydrogen) atoms. The van der Waals surface area contributed by atoms with E-state index in [1.165, 1.54) is 38.8 Å². The molecule has 0 aromatic rings. The fourth-order valence-electron chi connectivity index (χ4n) is 1.73. The second kappa shape index (κ2) is 5.00. The first kappa shape index (κ1) is 9.34. The molecule has 1 nitrogen and oxygen atoms in total. The molecule has 0 bridgehead atoms. The molecule has 0 N–H and O–H groups in total. The minimum atomic E-state index is 0.684. The predicted molar refractivity (Wildman–Crippen MR) is 50.2 cm³/mol. The van der Waals surface area contributed by atoms with Crippen molar-refractivity contribution in [3.05, 3.63) is 0 Å². The number of likely N-dealkylation sites (tertiary alicyclic amines) is 1. The van der Waals surface area contributed by atoms with Crippen LogP contribution in [0.4, 0.5) is 0 Å². The maximum absolute atomic E-state index is 5.84. The van der Waals surface area contributed by atoms with Crippen molar-refractivity contribution in [2.45, 2.75) is 38.6 Å². The van der Waals surface area contributed by atoms with Crippen LogP contribution in [0.15, 0.2) is 0 Å². The van der Waals surface area contributed by atoms with Gasteiger partial charge < -0.3 is 0 Å². The van der Waals surface area contributed by atoms with E-state index < -0.39 is 0 Å². The Morgan fingerprint density at radius 2 is 2.36 bits per heavy atom. The van der Waals surface area contributed by atoms with Crippen molar-refractivity contribution in [2.24, 2.45) is 0 Å². The number of hydrogen-bond donors (Lipinski definition) is 0. The summed E-state index contributed by atoms with van der Waals surface area (Å²) in [4.78, 5) is 2.54. The highest BCUT2D eigenvalue weighted by Crippen LogP contribution is 2.18. The summed E-state index contributed by atoms with van der Waals surface area (Å²) in [5.41, 5.74) is 0. The number of halogens is 1. The second-order valence-electron chi connectivity index (χ2n) is 3.34. The van der Waals surface area contributed by atoms with Crippen LogP contribution in [0, 0.1) is 0 Å². The van der Waals surface area contributed by atoms with Crippen LogP contribution in [-0.2, 0) is 0 Å². The molecule has 1 saturated heterocycles. The maximum atomic E-state index is 5.84. The first-order valence-electron chi connectivity index (χ1n) is 4.68. The molecular formula is C9H18ClN. The Morgan fingerprint density at radius 3 is 3.00 bits per heavy atom. The van der Waals surface area contributed by atoms with E-state index >= 15 is 0 Å². The molecule has 1 fully saturated rings. The third-order valence-electron chi connectivity index (χ3n) is 2.48. The molecule has 0 spiro atoms. The molecule has 0 amide bonds. The van der Waals surface area contributed by atoms with E-state index in [1.807, 2.05) is 0 Å². The van der Waals surface area contributed by atoms with Gasteiger partial charge >= 0.3 is 0 Å². The van der Waals surface area contributed by atoms with Gasteiger partial charge in [0.15, 0.2) is 0 Å². The van der Waals surface area contributed by atoms with Crippen LogP contribution in [0.3, 0.4) is 0 Å². The Hall–Kier alpha value is 0.250. The SMILES string of the molecule is CCCCN1CCCC1CCl. The van der Waals surface area contributed by atoms with E-state index in [0.717, 1.165) is 5.88 Å². The molecule has 2 heteroatoms. The predicted octanol–water partition coefficient (Wildman–Crippen LogP) is 2.49. The lowest BCUT2D eigenvalue weighted by molar-refractivity contribution is 0.267. The lowest BCUT2D eigenvalue weighted by Crippen LogP contribution is -2.31. The van der Waals surface area contributed by atoms with Crippen molar-refractivity contribution in [3.63, 3.8) is 0 Å². The number of unbranched alkanes of at least 4 members (excludes halogenated alkanes) is 1. The summed E-state index contributed by atoms with van der Waals surface area (Å²) in [6.45, 7) is 4.77. The number of hydrogen-bond acceptors (Lipinski definition) is 1. The fourth-order valence-corrected chi connectivity index (χ4v) is 2.07. The zero-order valence-corrected chi connectivity index (χ0v) is 8.11. The smallest absolute Gasteiger partial charge is 0.0379 e. The van der Waals surface area contributed by atoms with Crippen molar-refractivity contribution in [3.8, 4) is 0 Å². The Labute approximate surface area is 74.7 Å². The fraction of sp³-hybridized carbons (Fsp3) is 1.00. The minimum absolute atomic E-state index is 0.684. The molecule has 66 valence electrons.